The van der Waals surface area contributed by atoms with E-state index in [2.05, 4.69) is 4.99 Å². The molecule has 2 unspecified atom stereocenters. The Balaban J connectivity index is 2.70. The average molecular weight is 152 g/mol. The van der Waals surface area contributed by atoms with Crippen LogP contribution in [0.5, 0.6) is 0 Å². The van der Waals surface area contributed by atoms with E-state index in [1.807, 2.05) is 0 Å². The molecule has 1 heterocycles. The van der Waals surface area contributed by atoms with Gasteiger partial charge in [0.15, 0.2) is 0 Å². The second kappa shape index (κ2) is 2.06. The molecule has 0 spiro atoms. The Morgan fingerprint density at radius 2 is 2.33 bits per heavy atom. The summed E-state index contributed by atoms with van der Waals surface area (Å²) in [7, 11) is 0. The molecule has 0 amide bonds. The summed E-state index contributed by atoms with van der Waals surface area (Å²) >= 11 is 5.07. The molecular formula is C5H4ClF2N. The van der Waals surface area contributed by atoms with Crippen molar-refractivity contribution in [3.05, 3.63) is 12.2 Å². The van der Waals surface area contributed by atoms with Gasteiger partial charge in [0.25, 0.3) is 0 Å². The molecule has 0 bridgehead atoms. The first-order valence-corrected chi connectivity index (χ1v) is 2.73. The van der Waals surface area contributed by atoms with Crippen molar-refractivity contribution in [2.75, 3.05) is 0 Å². The molecular weight excluding hydrogens is 148 g/mol. The average Bonchev–Trinajstić information content (AvgIpc) is 1.78. The lowest BCUT2D eigenvalue weighted by molar-refractivity contribution is 0.385. The van der Waals surface area contributed by atoms with Crippen LogP contribution in [0, 0.1) is 0 Å². The minimum atomic E-state index is -2.08. The van der Waals surface area contributed by atoms with Crippen LogP contribution >= 0.6 is 11.6 Å². The van der Waals surface area contributed by atoms with Crippen molar-refractivity contribution < 1.29 is 8.78 Å². The van der Waals surface area contributed by atoms with Crippen LogP contribution in [-0.2, 0) is 0 Å². The smallest absolute Gasteiger partial charge is 0.237 e. The SMILES string of the molecule is FC1C=CC(F)(Cl)C=N1. The lowest BCUT2D eigenvalue weighted by atomic mass is 10.3. The largest absolute Gasteiger partial charge is 0.252 e. The lowest BCUT2D eigenvalue weighted by Gasteiger charge is -2.10. The highest BCUT2D eigenvalue weighted by Gasteiger charge is 2.23. The van der Waals surface area contributed by atoms with Gasteiger partial charge in [-0.2, -0.15) is 0 Å². The summed E-state index contributed by atoms with van der Waals surface area (Å²) < 4.78 is 24.4. The van der Waals surface area contributed by atoms with Gasteiger partial charge >= 0.3 is 0 Å². The zero-order valence-electron chi connectivity index (χ0n) is 4.39. The fourth-order valence-electron chi connectivity index (χ4n) is 0.471. The Bertz CT molecular complexity index is 148. The van der Waals surface area contributed by atoms with Gasteiger partial charge in [0.2, 0.25) is 11.4 Å². The zero-order chi connectivity index (χ0) is 6.91. The van der Waals surface area contributed by atoms with Crippen LogP contribution in [0.3, 0.4) is 0 Å². The topological polar surface area (TPSA) is 12.4 Å². The van der Waals surface area contributed by atoms with Gasteiger partial charge < -0.3 is 0 Å². The molecule has 0 aromatic heterocycles. The number of alkyl halides is 3. The van der Waals surface area contributed by atoms with Crippen molar-refractivity contribution in [3.63, 3.8) is 0 Å². The number of hydrogen-bond acceptors (Lipinski definition) is 1. The number of halogens is 3. The Labute approximate surface area is 56.0 Å². The van der Waals surface area contributed by atoms with Gasteiger partial charge in [-0.15, -0.1) is 0 Å². The highest BCUT2D eigenvalue weighted by molar-refractivity contribution is 6.32. The van der Waals surface area contributed by atoms with Gasteiger partial charge in [-0.1, -0.05) is 11.6 Å². The van der Waals surface area contributed by atoms with E-state index >= 15 is 0 Å². The number of aliphatic imine (C=N–C) groups is 1. The van der Waals surface area contributed by atoms with Gasteiger partial charge in [-0.25, -0.2) is 8.78 Å². The maximum absolute atomic E-state index is 12.4. The van der Waals surface area contributed by atoms with E-state index < -0.39 is 11.4 Å². The van der Waals surface area contributed by atoms with Crippen LogP contribution in [0.15, 0.2) is 17.1 Å². The van der Waals surface area contributed by atoms with Crippen LogP contribution in [0.4, 0.5) is 8.78 Å². The molecule has 0 aromatic carbocycles. The van der Waals surface area contributed by atoms with E-state index in [1.54, 1.807) is 0 Å². The Hall–Kier alpha value is -0.440. The molecule has 2 atom stereocenters. The summed E-state index contributed by atoms with van der Waals surface area (Å²) in [6.07, 6.45) is 1.19. The van der Waals surface area contributed by atoms with E-state index in [-0.39, 0.29) is 0 Å². The fraction of sp³-hybridized carbons (Fsp3) is 0.400. The monoisotopic (exact) mass is 151 g/mol. The zero-order valence-corrected chi connectivity index (χ0v) is 5.15. The van der Waals surface area contributed by atoms with E-state index in [4.69, 9.17) is 11.6 Å². The van der Waals surface area contributed by atoms with Gasteiger partial charge in [0.1, 0.15) is 0 Å². The Kier molecular flexibility index (Phi) is 1.53. The van der Waals surface area contributed by atoms with Crippen LogP contribution in [0.25, 0.3) is 0 Å². The number of nitrogens with zero attached hydrogens (tertiary/aromatic N) is 1. The summed E-state index contributed by atoms with van der Waals surface area (Å²) in [5, 5.41) is -2.08. The molecule has 1 nitrogen and oxygen atoms in total. The molecule has 9 heavy (non-hydrogen) atoms. The van der Waals surface area contributed by atoms with E-state index in [1.165, 1.54) is 0 Å². The molecule has 1 rings (SSSR count). The molecule has 0 radical (unpaired) electrons. The number of dihydropyridines is 1. The van der Waals surface area contributed by atoms with Crippen LogP contribution in [-0.4, -0.2) is 17.6 Å². The van der Waals surface area contributed by atoms with Crippen molar-refractivity contribution in [1.82, 2.24) is 0 Å². The third kappa shape index (κ3) is 1.75. The van der Waals surface area contributed by atoms with Crippen LogP contribution < -0.4 is 0 Å². The van der Waals surface area contributed by atoms with E-state index in [9.17, 15) is 8.78 Å². The normalized spacial score (nSPS) is 41.4. The van der Waals surface area contributed by atoms with Gasteiger partial charge in [-0.05, 0) is 12.2 Å². The highest BCUT2D eigenvalue weighted by atomic mass is 35.5. The number of allylic oxidation sites excluding steroid dienone is 1. The van der Waals surface area contributed by atoms with Gasteiger partial charge in [0, 0.05) is 0 Å². The maximum atomic E-state index is 12.4. The Morgan fingerprint density at radius 3 is 2.67 bits per heavy atom. The lowest BCUT2D eigenvalue weighted by Crippen LogP contribution is -2.17. The molecule has 1 aliphatic rings. The molecule has 0 saturated carbocycles. The summed E-state index contributed by atoms with van der Waals surface area (Å²) in [6.45, 7) is 0. The number of rotatable bonds is 0. The van der Waals surface area contributed by atoms with E-state index in [0.717, 1.165) is 18.4 Å². The summed E-state index contributed by atoms with van der Waals surface area (Å²) in [5.41, 5.74) is 0. The first-order valence-electron chi connectivity index (χ1n) is 2.36. The fourth-order valence-corrected chi connectivity index (χ4v) is 0.600. The van der Waals surface area contributed by atoms with Gasteiger partial charge in [0.05, 0.1) is 6.21 Å². The van der Waals surface area contributed by atoms with Crippen molar-refractivity contribution in [1.29, 1.82) is 0 Å². The van der Waals surface area contributed by atoms with E-state index in [0.29, 0.717) is 0 Å². The van der Waals surface area contributed by atoms with Crippen molar-refractivity contribution in [3.8, 4) is 0 Å². The van der Waals surface area contributed by atoms with Crippen molar-refractivity contribution in [2.45, 2.75) is 11.4 Å². The predicted octanol–water partition coefficient (Wildman–Crippen LogP) is 1.83. The second-order valence-corrected chi connectivity index (χ2v) is 2.26. The first-order chi connectivity index (χ1) is 4.10. The minimum Gasteiger partial charge on any atom is -0.252 e. The Morgan fingerprint density at radius 1 is 1.67 bits per heavy atom. The molecule has 0 aromatic rings. The standard InChI is InChI=1S/C5H4ClF2N/c6-5(8)2-1-4(7)9-3-5/h1-4H. The first kappa shape index (κ1) is 6.68. The summed E-state index contributed by atoms with van der Waals surface area (Å²) in [6, 6.07) is 0. The minimum absolute atomic E-state index is 0.735. The third-order valence-corrected chi connectivity index (χ3v) is 1.09. The number of hydrogen-bond donors (Lipinski definition) is 0. The summed E-state index contributed by atoms with van der Waals surface area (Å²) in [4.78, 5) is 3.10. The molecule has 0 aliphatic carbocycles. The predicted molar refractivity (Wildman–Crippen MR) is 32.2 cm³/mol. The molecule has 1 aliphatic heterocycles. The van der Waals surface area contributed by atoms with Crippen molar-refractivity contribution >= 4 is 17.8 Å². The molecule has 4 heteroatoms. The third-order valence-electron chi connectivity index (χ3n) is 0.866. The molecule has 0 N–H and O–H groups in total. The second-order valence-electron chi connectivity index (χ2n) is 1.68. The van der Waals surface area contributed by atoms with Gasteiger partial charge in [-0.3, -0.25) is 4.99 Å². The molecule has 0 saturated heterocycles. The van der Waals surface area contributed by atoms with Crippen LogP contribution in [0.2, 0.25) is 0 Å². The maximum Gasteiger partial charge on any atom is 0.237 e. The highest BCUT2D eigenvalue weighted by Crippen LogP contribution is 2.20. The molecule has 50 valence electrons. The molecule has 0 fully saturated rings. The van der Waals surface area contributed by atoms with Crippen molar-refractivity contribution in [2.24, 2.45) is 4.99 Å². The van der Waals surface area contributed by atoms with Crippen LogP contribution in [0.1, 0.15) is 0 Å². The quantitative estimate of drug-likeness (QED) is 0.285. The summed E-state index contributed by atoms with van der Waals surface area (Å²) in [5.74, 6) is 0.